The fourth-order valence-corrected chi connectivity index (χ4v) is 1.73. The standard InChI is InChI=1S/C8H10N2O2S/c1-5(2)12-8(11)6-7-10(13-7)4-3-9-6/h3,5H,4H2,1-2H3. The van der Waals surface area contributed by atoms with Gasteiger partial charge in [-0.3, -0.25) is 4.31 Å². The molecule has 0 atom stereocenters. The van der Waals surface area contributed by atoms with E-state index < -0.39 is 0 Å². The van der Waals surface area contributed by atoms with Gasteiger partial charge >= 0.3 is 5.97 Å². The van der Waals surface area contributed by atoms with E-state index in [0.29, 0.717) is 5.70 Å². The smallest absolute Gasteiger partial charge is 0.360 e. The summed E-state index contributed by atoms with van der Waals surface area (Å²) >= 11 is 1.55. The second-order valence-electron chi connectivity index (χ2n) is 3.07. The SMILES string of the molecule is CC(C)OC(=O)C1=C2SN2CC=N1. The van der Waals surface area contributed by atoms with Crippen molar-refractivity contribution < 1.29 is 9.53 Å². The van der Waals surface area contributed by atoms with Gasteiger partial charge in [0.2, 0.25) is 0 Å². The van der Waals surface area contributed by atoms with Gasteiger partial charge < -0.3 is 4.74 Å². The summed E-state index contributed by atoms with van der Waals surface area (Å²) < 4.78 is 7.04. The van der Waals surface area contributed by atoms with Gasteiger partial charge in [0, 0.05) is 18.2 Å². The fourth-order valence-electron chi connectivity index (χ4n) is 1.04. The van der Waals surface area contributed by atoms with E-state index in [9.17, 15) is 4.79 Å². The van der Waals surface area contributed by atoms with Gasteiger partial charge in [0.1, 0.15) is 5.03 Å². The fraction of sp³-hybridized carbons (Fsp3) is 0.500. The number of fused-ring (bicyclic) bond motifs is 1. The first-order valence-corrected chi connectivity index (χ1v) is 4.89. The van der Waals surface area contributed by atoms with Gasteiger partial charge in [-0.05, 0) is 13.8 Å². The molecule has 0 unspecified atom stereocenters. The molecule has 13 heavy (non-hydrogen) atoms. The lowest BCUT2D eigenvalue weighted by Gasteiger charge is -2.08. The average Bonchev–Trinajstić information content (AvgIpc) is 2.79. The summed E-state index contributed by atoms with van der Waals surface area (Å²) in [6.45, 7) is 4.44. The zero-order chi connectivity index (χ0) is 9.42. The molecule has 2 aliphatic rings. The number of esters is 1. The molecule has 0 aliphatic carbocycles. The summed E-state index contributed by atoms with van der Waals surface area (Å²) in [4.78, 5) is 15.4. The lowest BCUT2D eigenvalue weighted by Crippen LogP contribution is -2.16. The number of carbonyl (C=O) groups excluding carboxylic acids is 1. The predicted octanol–water partition coefficient (Wildman–Crippen LogP) is 1.16. The van der Waals surface area contributed by atoms with Gasteiger partial charge in [0.25, 0.3) is 0 Å². The van der Waals surface area contributed by atoms with E-state index in [1.807, 2.05) is 18.2 Å². The molecule has 2 heterocycles. The summed E-state index contributed by atoms with van der Waals surface area (Å²) in [5.41, 5.74) is 0.449. The minimum absolute atomic E-state index is 0.0880. The van der Waals surface area contributed by atoms with Crippen LogP contribution in [0.2, 0.25) is 0 Å². The Hall–Kier alpha value is -0.970. The summed E-state index contributed by atoms with van der Waals surface area (Å²) in [5, 5.41) is 0.938. The van der Waals surface area contributed by atoms with E-state index in [4.69, 9.17) is 4.74 Å². The maximum Gasteiger partial charge on any atom is 0.360 e. The van der Waals surface area contributed by atoms with Gasteiger partial charge in [0.15, 0.2) is 5.70 Å². The highest BCUT2D eigenvalue weighted by Gasteiger charge is 2.36. The molecule has 0 bridgehead atoms. The highest BCUT2D eigenvalue weighted by atomic mass is 32.2. The largest absolute Gasteiger partial charge is 0.458 e. The van der Waals surface area contributed by atoms with Crippen LogP contribution in [-0.4, -0.2) is 29.1 Å². The first kappa shape index (κ1) is 8.62. The Bertz CT molecular complexity index is 309. The second kappa shape index (κ2) is 3.06. The Balaban J connectivity index is 2.09. The van der Waals surface area contributed by atoms with Crippen molar-refractivity contribution in [1.29, 1.82) is 0 Å². The molecule has 0 aromatic rings. The summed E-state index contributed by atoms with van der Waals surface area (Å²) in [5.74, 6) is -0.323. The quantitative estimate of drug-likeness (QED) is 0.379. The summed E-state index contributed by atoms with van der Waals surface area (Å²) in [7, 11) is 0. The molecule has 0 amide bonds. The lowest BCUT2D eigenvalue weighted by molar-refractivity contribution is -0.142. The van der Waals surface area contributed by atoms with Crippen molar-refractivity contribution in [3.8, 4) is 0 Å². The van der Waals surface area contributed by atoms with Crippen LogP contribution < -0.4 is 0 Å². The molecule has 1 saturated heterocycles. The van der Waals surface area contributed by atoms with Crippen LogP contribution in [0.15, 0.2) is 15.7 Å². The average molecular weight is 198 g/mol. The third-order valence-electron chi connectivity index (χ3n) is 1.60. The van der Waals surface area contributed by atoms with Crippen LogP contribution in [0.25, 0.3) is 0 Å². The number of ether oxygens (including phenoxy) is 1. The third kappa shape index (κ3) is 1.70. The maximum absolute atomic E-state index is 11.4. The number of hydrogen-bond donors (Lipinski definition) is 0. The monoisotopic (exact) mass is 198 g/mol. The van der Waals surface area contributed by atoms with E-state index in [2.05, 4.69) is 4.99 Å². The van der Waals surface area contributed by atoms with Gasteiger partial charge in [-0.25, -0.2) is 9.79 Å². The Morgan fingerprint density at radius 1 is 1.77 bits per heavy atom. The van der Waals surface area contributed by atoms with E-state index in [-0.39, 0.29) is 12.1 Å². The van der Waals surface area contributed by atoms with Crippen LogP contribution >= 0.6 is 11.9 Å². The van der Waals surface area contributed by atoms with Gasteiger partial charge in [-0.15, -0.1) is 0 Å². The van der Waals surface area contributed by atoms with Crippen molar-refractivity contribution in [1.82, 2.24) is 4.31 Å². The maximum atomic E-state index is 11.4. The van der Waals surface area contributed by atoms with Crippen molar-refractivity contribution in [2.45, 2.75) is 20.0 Å². The highest BCUT2D eigenvalue weighted by molar-refractivity contribution is 8.08. The zero-order valence-electron chi connectivity index (χ0n) is 7.48. The third-order valence-corrected chi connectivity index (χ3v) is 2.56. The van der Waals surface area contributed by atoms with Crippen LogP contribution in [0.4, 0.5) is 0 Å². The molecule has 2 rings (SSSR count). The van der Waals surface area contributed by atoms with Crippen molar-refractivity contribution in [3.05, 3.63) is 10.7 Å². The number of rotatable bonds is 2. The highest BCUT2D eigenvalue weighted by Crippen LogP contribution is 2.47. The molecule has 70 valence electrons. The van der Waals surface area contributed by atoms with Crippen molar-refractivity contribution >= 4 is 24.1 Å². The zero-order valence-corrected chi connectivity index (χ0v) is 8.30. The number of hydrogen-bond acceptors (Lipinski definition) is 5. The van der Waals surface area contributed by atoms with Crippen molar-refractivity contribution in [2.24, 2.45) is 4.99 Å². The molecule has 2 aliphatic heterocycles. The molecular weight excluding hydrogens is 188 g/mol. The lowest BCUT2D eigenvalue weighted by atomic mass is 10.4. The number of aliphatic imine (C=N–C) groups is 1. The molecule has 1 fully saturated rings. The molecule has 5 heteroatoms. The first-order chi connectivity index (χ1) is 6.18. The van der Waals surface area contributed by atoms with Crippen LogP contribution in [0, 0.1) is 0 Å². The van der Waals surface area contributed by atoms with Crippen LogP contribution in [-0.2, 0) is 9.53 Å². The molecule has 0 aromatic carbocycles. The number of carbonyl (C=O) groups is 1. The van der Waals surface area contributed by atoms with Crippen molar-refractivity contribution in [2.75, 3.05) is 6.54 Å². The molecule has 0 aromatic heterocycles. The van der Waals surface area contributed by atoms with E-state index in [0.717, 1.165) is 11.6 Å². The minimum Gasteiger partial charge on any atom is -0.458 e. The van der Waals surface area contributed by atoms with E-state index in [1.54, 1.807) is 18.2 Å². The summed E-state index contributed by atoms with van der Waals surface area (Å²) in [6.07, 6.45) is 1.63. The Morgan fingerprint density at radius 3 is 3.23 bits per heavy atom. The van der Waals surface area contributed by atoms with Gasteiger partial charge in [0.05, 0.1) is 12.6 Å². The van der Waals surface area contributed by atoms with Crippen LogP contribution in [0.3, 0.4) is 0 Å². The second-order valence-corrected chi connectivity index (χ2v) is 4.08. The van der Waals surface area contributed by atoms with Gasteiger partial charge in [-0.1, -0.05) is 0 Å². The Morgan fingerprint density at radius 2 is 2.54 bits per heavy atom. The molecule has 4 nitrogen and oxygen atoms in total. The Kier molecular flexibility index (Phi) is 2.03. The molecule has 0 saturated carbocycles. The molecule has 0 spiro atoms. The van der Waals surface area contributed by atoms with Crippen LogP contribution in [0.1, 0.15) is 13.8 Å². The van der Waals surface area contributed by atoms with E-state index >= 15 is 0 Å². The molecule has 0 radical (unpaired) electrons. The first-order valence-electron chi connectivity index (χ1n) is 4.12. The Labute approximate surface area is 80.8 Å². The van der Waals surface area contributed by atoms with E-state index in [1.165, 1.54) is 0 Å². The summed E-state index contributed by atoms with van der Waals surface area (Å²) in [6, 6.07) is 0. The van der Waals surface area contributed by atoms with Crippen molar-refractivity contribution in [3.63, 3.8) is 0 Å². The number of nitrogens with zero attached hydrogens (tertiary/aromatic N) is 2. The minimum atomic E-state index is -0.323. The van der Waals surface area contributed by atoms with Crippen LogP contribution in [0.5, 0.6) is 0 Å². The topological polar surface area (TPSA) is 41.7 Å². The molecular formula is C8H10N2O2S. The molecule has 0 N–H and O–H groups in total. The predicted molar refractivity (Wildman–Crippen MR) is 51.0 cm³/mol. The normalized spacial score (nSPS) is 19.2. The van der Waals surface area contributed by atoms with Gasteiger partial charge in [-0.2, -0.15) is 0 Å².